The molecule has 0 radical (unpaired) electrons. The minimum Gasteiger partial charge on any atom is -0.373 e. The minimum atomic E-state index is 0.0379. The summed E-state index contributed by atoms with van der Waals surface area (Å²) < 4.78 is 5.41. The zero-order valence-electron chi connectivity index (χ0n) is 11.1. The summed E-state index contributed by atoms with van der Waals surface area (Å²) >= 11 is 5.89. The Bertz CT molecular complexity index is 757. The van der Waals surface area contributed by atoms with Crippen molar-refractivity contribution in [2.24, 2.45) is 0 Å². The van der Waals surface area contributed by atoms with Gasteiger partial charge in [0.05, 0.1) is 0 Å². The van der Waals surface area contributed by atoms with Crippen LogP contribution in [0.2, 0.25) is 5.02 Å². The monoisotopic (exact) mass is 297 g/mol. The van der Waals surface area contributed by atoms with Crippen LogP contribution in [0.4, 0.5) is 5.69 Å². The Morgan fingerprint density at radius 3 is 2.71 bits per heavy atom. The number of halogens is 1. The number of nitrogens with one attached hydrogen (secondary N) is 1. The van der Waals surface area contributed by atoms with Gasteiger partial charge in [-0.15, -0.1) is 0 Å². The van der Waals surface area contributed by atoms with Gasteiger partial charge in [-0.3, -0.25) is 0 Å². The van der Waals surface area contributed by atoms with Gasteiger partial charge < -0.3 is 9.84 Å². The van der Waals surface area contributed by atoms with Gasteiger partial charge in [0, 0.05) is 22.7 Å². The van der Waals surface area contributed by atoms with Gasteiger partial charge in [0.1, 0.15) is 6.04 Å². The average Bonchev–Trinajstić information content (AvgIpc) is 3.14. The number of aromatic nitrogens is 2. The molecular formula is C16H12ClN3O. The van der Waals surface area contributed by atoms with Crippen LogP contribution < -0.4 is 5.32 Å². The Morgan fingerprint density at radius 2 is 1.90 bits per heavy atom. The fourth-order valence-electron chi connectivity index (χ4n) is 2.54. The van der Waals surface area contributed by atoms with E-state index >= 15 is 0 Å². The van der Waals surface area contributed by atoms with Gasteiger partial charge in [0.25, 0.3) is 0 Å². The summed E-state index contributed by atoms with van der Waals surface area (Å²) in [6.45, 7) is 0. The second kappa shape index (κ2) is 4.90. The molecule has 1 aliphatic rings. The fourth-order valence-corrected chi connectivity index (χ4v) is 2.67. The SMILES string of the molecule is Clc1ccc(-c2noc([C@@H]3Cc4ccccc4N3)n2)cc1. The van der Waals surface area contributed by atoms with E-state index in [9.17, 15) is 0 Å². The van der Waals surface area contributed by atoms with Crippen molar-refractivity contribution in [3.63, 3.8) is 0 Å². The van der Waals surface area contributed by atoms with Crippen LogP contribution >= 0.6 is 11.6 Å². The molecule has 4 nitrogen and oxygen atoms in total. The number of anilines is 1. The largest absolute Gasteiger partial charge is 0.373 e. The van der Waals surface area contributed by atoms with Crippen LogP contribution in [-0.4, -0.2) is 10.1 Å². The van der Waals surface area contributed by atoms with Crippen LogP contribution in [0, 0.1) is 0 Å². The third-order valence-corrected chi connectivity index (χ3v) is 3.87. The maximum atomic E-state index is 5.89. The van der Waals surface area contributed by atoms with E-state index in [1.54, 1.807) is 0 Å². The number of benzene rings is 2. The van der Waals surface area contributed by atoms with Crippen molar-refractivity contribution in [1.29, 1.82) is 0 Å². The molecule has 1 aromatic heterocycles. The van der Waals surface area contributed by atoms with Gasteiger partial charge in [-0.25, -0.2) is 0 Å². The summed E-state index contributed by atoms with van der Waals surface area (Å²) in [7, 11) is 0. The van der Waals surface area contributed by atoms with E-state index in [4.69, 9.17) is 16.1 Å². The van der Waals surface area contributed by atoms with Gasteiger partial charge in [0.15, 0.2) is 0 Å². The quantitative estimate of drug-likeness (QED) is 0.773. The fraction of sp³-hybridized carbons (Fsp3) is 0.125. The maximum Gasteiger partial charge on any atom is 0.249 e. The van der Waals surface area contributed by atoms with Crippen LogP contribution in [0.1, 0.15) is 17.5 Å². The molecule has 0 aliphatic carbocycles. The van der Waals surface area contributed by atoms with E-state index in [-0.39, 0.29) is 6.04 Å². The molecule has 0 saturated heterocycles. The zero-order valence-corrected chi connectivity index (χ0v) is 11.8. The van der Waals surface area contributed by atoms with Crippen LogP contribution in [0.5, 0.6) is 0 Å². The van der Waals surface area contributed by atoms with Crippen molar-refractivity contribution in [3.05, 3.63) is 65.0 Å². The van der Waals surface area contributed by atoms with Crippen LogP contribution in [0.15, 0.2) is 53.1 Å². The molecule has 3 aromatic rings. The van der Waals surface area contributed by atoms with Crippen molar-refractivity contribution in [3.8, 4) is 11.4 Å². The minimum absolute atomic E-state index is 0.0379. The Kier molecular flexibility index (Phi) is 2.89. The highest BCUT2D eigenvalue weighted by atomic mass is 35.5. The number of fused-ring (bicyclic) bond motifs is 1. The molecule has 2 aromatic carbocycles. The van der Waals surface area contributed by atoms with E-state index in [0.29, 0.717) is 16.7 Å². The summed E-state index contributed by atoms with van der Waals surface area (Å²) in [6, 6.07) is 15.7. The smallest absolute Gasteiger partial charge is 0.249 e. The third-order valence-electron chi connectivity index (χ3n) is 3.61. The summed E-state index contributed by atoms with van der Waals surface area (Å²) in [5, 5.41) is 8.15. The average molecular weight is 298 g/mol. The Balaban J connectivity index is 1.60. The summed E-state index contributed by atoms with van der Waals surface area (Å²) in [4.78, 5) is 4.49. The Morgan fingerprint density at radius 1 is 1.10 bits per heavy atom. The number of rotatable bonds is 2. The highest BCUT2D eigenvalue weighted by Crippen LogP contribution is 2.33. The van der Waals surface area contributed by atoms with Crippen molar-refractivity contribution in [2.45, 2.75) is 12.5 Å². The third kappa shape index (κ3) is 2.28. The highest BCUT2D eigenvalue weighted by molar-refractivity contribution is 6.30. The number of hydrogen-bond donors (Lipinski definition) is 1. The Labute approximate surface area is 126 Å². The first-order chi connectivity index (χ1) is 10.3. The lowest BCUT2D eigenvalue weighted by molar-refractivity contribution is 0.364. The zero-order chi connectivity index (χ0) is 14.2. The molecule has 1 N–H and O–H groups in total. The maximum absolute atomic E-state index is 5.89. The number of hydrogen-bond acceptors (Lipinski definition) is 4. The molecule has 5 heteroatoms. The van der Waals surface area contributed by atoms with E-state index in [2.05, 4.69) is 27.6 Å². The first-order valence-corrected chi connectivity index (χ1v) is 7.11. The van der Waals surface area contributed by atoms with Crippen LogP contribution in [-0.2, 0) is 6.42 Å². The van der Waals surface area contributed by atoms with E-state index in [1.165, 1.54) is 5.56 Å². The van der Waals surface area contributed by atoms with Crippen LogP contribution in [0.25, 0.3) is 11.4 Å². The molecule has 0 spiro atoms. The van der Waals surface area contributed by atoms with E-state index in [1.807, 2.05) is 36.4 Å². The van der Waals surface area contributed by atoms with Crippen LogP contribution in [0.3, 0.4) is 0 Å². The van der Waals surface area contributed by atoms with Gasteiger partial charge in [-0.1, -0.05) is 35.0 Å². The predicted molar refractivity (Wildman–Crippen MR) is 81.3 cm³/mol. The van der Waals surface area contributed by atoms with Gasteiger partial charge in [-0.05, 0) is 35.9 Å². The second-order valence-electron chi connectivity index (χ2n) is 5.02. The molecule has 21 heavy (non-hydrogen) atoms. The molecule has 0 bridgehead atoms. The standard InChI is InChI=1S/C16H12ClN3O/c17-12-7-5-10(6-8-12)15-19-16(21-20-15)14-9-11-3-1-2-4-13(11)18-14/h1-8,14,18H,9H2/t14-/m0/s1. The molecule has 0 amide bonds. The molecule has 0 unspecified atom stereocenters. The van der Waals surface area contributed by atoms with E-state index < -0.39 is 0 Å². The lowest BCUT2D eigenvalue weighted by Crippen LogP contribution is -2.05. The summed E-state index contributed by atoms with van der Waals surface area (Å²) in [5.74, 6) is 1.19. The first-order valence-electron chi connectivity index (χ1n) is 6.73. The lowest BCUT2D eigenvalue weighted by atomic mass is 10.1. The molecular weight excluding hydrogens is 286 g/mol. The van der Waals surface area contributed by atoms with Crippen molar-refractivity contribution in [1.82, 2.24) is 10.1 Å². The lowest BCUT2D eigenvalue weighted by Gasteiger charge is -2.04. The molecule has 0 fully saturated rings. The molecule has 4 rings (SSSR count). The van der Waals surface area contributed by atoms with Crippen molar-refractivity contribution >= 4 is 17.3 Å². The molecule has 104 valence electrons. The number of para-hydroxylation sites is 1. The Hall–Kier alpha value is -2.33. The van der Waals surface area contributed by atoms with Crippen molar-refractivity contribution in [2.75, 3.05) is 5.32 Å². The normalized spacial score (nSPS) is 16.5. The van der Waals surface area contributed by atoms with Gasteiger partial charge in [-0.2, -0.15) is 4.98 Å². The molecule has 1 aliphatic heterocycles. The predicted octanol–water partition coefficient (Wildman–Crippen LogP) is 4.10. The number of nitrogens with zero attached hydrogens (tertiary/aromatic N) is 2. The molecule has 2 heterocycles. The topological polar surface area (TPSA) is 51.0 Å². The first kappa shape index (κ1) is 12.4. The summed E-state index contributed by atoms with van der Waals surface area (Å²) in [5.41, 5.74) is 3.30. The van der Waals surface area contributed by atoms with E-state index in [0.717, 1.165) is 17.7 Å². The molecule has 0 saturated carbocycles. The van der Waals surface area contributed by atoms with Gasteiger partial charge in [0.2, 0.25) is 11.7 Å². The summed E-state index contributed by atoms with van der Waals surface area (Å²) in [6.07, 6.45) is 0.860. The molecule has 1 atom stereocenters. The van der Waals surface area contributed by atoms with Gasteiger partial charge >= 0.3 is 0 Å². The van der Waals surface area contributed by atoms with Crippen molar-refractivity contribution < 1.29 is 4.52 Å². The highest BCUT2D eigenvalue weighted by Gasteiger charge is 2.26. The second-order valence-corrected chi connectivity index (χ2v) is 5.46.